The van der Waals surface area contributed by atoms with Crippen LogP contribution in [0.5, 0.6) is 5.75 Å². The minimum atomic E-state index is -0.253. The van der Waals surface area contributed by atoms with Crippen molar-refractivity contribution in [3.05, 3.63) is 39.2 Å². The summed E-state index contributed by atoms with van der Waals surface area (Å²) in [6.07, 6.45) is 5.53. The van der Waals surface area contributed by atoms with Crippen molar-refractivity contribution in [3.8, 4) is 5.75 Å². The molecule has 2 saturated heterocycles. The van der Waals surface area contributed by atoms with E-state index in [1.807, 2.05) is 24.0 Å². The summed E-state index contributed by atoms with van der Waals surface area (Å²) < 4.78 is 11.5. The summed E-state index contributed by atoms with van der Waals surface area (Å²) >= 11 is 0. The number of aliphatic hydroxyl groups excluding tert-OH is 1. The number of amides is 1. The van der Waals surface area contributed by atoms with Gasteiger partial charge in [0.1, 0.15) is 11.3 Å². The number of likely N-dealkylation sites (tertiary alicyclic amines) is 1. The van der Waals surface area contributed by atoms with Crippen LogP contribution in [0.3, 0.4) is 0 Å². The molecule has 3 heterocycles. The van der Waals surface area contributed by atoms with Gasteiger partial charge in [0, 0.05) is 41.1 Å². The van der Waals surface area contributed by atoms with Crippen LogP contribution in [0.4, 0.5) is 0 Å². The molecule has 2 N–H and O–H groups in total. The largest absolute Gasteiger partial charge is 0.483 e. The fraction of sp³-hybridized carbons (Fsp3) is 0.583. The van der Waals surface area contributed by atoms with Crippen LogP contribution < -0.4 is 15.7 Å². The zero-order valence-corrected chi connectivity index (χ0v) is 18.0. The van der Waals surface area contributed by atoms with E-state index >= 15 is 0 Å². The van der Waals surface area contributed by atoms with E-state index in [2.05, 4.69) is 5.32 Å². The van der Waals surface area contributed by atoms with Crippen molar-refractivity contribution < 1.29 is 19.1 Å². The molecule has 166 valence electrons. The number of carbonyl (C=O) groups excluding carboxylic acids is 1. The van der Waals surface area contributed by atoms with E-state index in [0.29, 0.717) is 24.4 Å². The van der Waals surface area contributed by atoms with Crippen LogP contribution in [0.25, 0.3) is 11.0 Å². The van der Waals surface area contributed by atoms with Gasteiger partial charge in [0.15, 0.2) is 6.61 Å². The van der Waals surface area contributed by atoms with Crippen molar-refractivity contribution in [2.75, 3.05) is 32.8 Å². The lowest BCUT2D eigenvalue weighted by molar-refractivity contribution is -0.138. The molecule has 2 aliphatic heterocycles. The molecule has 1 amide bonds. The Kier molecular flexibility index (Phi) is 5.26. The Balaban J connectivity index is 1.30. The quantitative estimate of drug-likeness (QED) is 0.726. The Hall–Kier alpha value is -2.38. The minimum absolute atomic E-state index is 0.0552. The summed E-state index contributed by atoms with van der Waals surface area (Å²) in [7, 11) is 0. The molecule has 0 unspecified atom stereocenters. The zero-order chi connectivity index (χ0) is 21.6. The molecule has 0 saturated carbocycles. The molecule has 5 rings (SSSR count). The Labute approximate surface area is 181 Å². The fourth-order valence-electron chi connectivity index (χ4n) is 5.68. The van der Waals surface area contributed by atoms with Gasteiger partial charge >= 0.3 is 5.63 Å². The lowest BCUT2D eigenvalue weighted by atomic mass is 9.70. The number of hydrogen-bond acceptors (Lipinski definition) is 6. The molecule has 7 nitrogen and oxygen atoms in total. The van der Waals surface area contributed by atoms with Gasteiger partial charge in [-0.15, -0.1) is 0 Å². The van der Waals surface area contributed by atoms with E-state index in [1.165, 1.54) is 0 Å². The van der Waals surface area contributed by atoms with Gasteiger partial charge in [-0.1, -0.05) is 0 Å². The molecule has 0 radical (unpaired) electrons. The first kappa shape index (κ1) is 20.5. The topological polar surface area (TPSA) is 92.0 Å². The predicted octanol–water partition coefficient (Wildman–Crippen LogP) is 1.93. The van der Waals surface area contributed by atoms with E-state index in [0.717, 1.165) is 67.1 Å². The Bertz CT molecular complexity index is 1080. The molecule has 2 fully saturated rings. The van der Waals surface area contributed by atoms with Crippen LogP contribution in [-0.2, 0) is 17.6 Å². The Morgan fingerprint density at radius 1 is 1.29 bits per heavy atom. The van der Waals surface area contributed by atoms with E-state index in [9.17, 15) is 14.7 Å². The summed E-state index contributed by atoms with van der Waals surface area (Å²) in [5, 5.41) is 14.4. The summed E-state index contributed by atoms with van der Waals surface area (Å²) in [4.78, 5) is 27.0. The van der Waals surface area contributed by atoms with Crippen molar-refractivity contribution in [2.24, 2.45) is 5.41 Å². The highest BCUT2D eigenvalue weighted by atomic mass is 16.5. The maximum atomic E-state index is 12.9. The molecule has 2 atom stereocenters. The number of nitrogens with zero attached hydrogens (tertiary/aromatic N) is 1. The van der Waals surface area contributed by atoms with E-state index < -0.39 is 0 Å². The lowest BCUT2D eigenvalue weighted by Crippen LogP contribution is -2.62. The smallest absolute Gasteiger partial charge is 0.339 e. The zero-order valence-electron chi connectivity index (χ0n) is 18.0. The molecule has 1 aromatic heterocycles. The van der Waals surface area contributed by atoms with Crippen LogP contribution in [0.1, 0.15) is 42.4 Å². The Morgan fingerprint density at radius 2 is 2.13 bits per heavy atom. The summed E-state index contributed by atoms with van der Waals surface area (Å²) in [6, 6.07) is 3.94. The number of rotatable bonds is 4. The van der Waals surface area contributed by atoms with Gasteiger partial charge in [-0.2, -0.15) is 0 Å². The van der Waals surface area contributed by atoms with Gasteiger partial charge in [0.25, 0.3) is 5.91 Å². The molecule has 0 spiro atoms. The molecule has 31 heavy (non-hydrogen) atoms. The molecule has 2 aromatic rings. The first-order chi connectivity index (χ1) is 15.0. The summed E-state index contributed by atoms with van der Waals surface area (Å²) in [6.45, 7) is 4.14. The van der Waals surface area contributed by atoms with Gasteiger partial charge < -0.3 is 24.5 Å². The normalized spacial score (nSPS) is 25.4. The standard InChI is InChI=1S/C24H30N2O5/c1-15-19(7-6-17-16-4-2-5-18(16)23(29)31-22(15)17)30-13-21(28)26-11-9-24(14-27)8-3-10-25-20(24)12-26/h6-7,20,25,27H,2-5,8-14H2,1H3/t20-,24-/m1/s1. The van der Waals surface area contributed by atoms with E-state index in [1.54, 1.807) is 0 Å². The average molecular weight is 427 g/mol. The van der Waals surface area contributed by atoms with Gasteiger partial charge in [0.2, 0.25) is 0 Å². The maximum absolute atomic E-state index is 12.9. The molecule has 1 aromatic carbocycles. The number of nitrogens with one attached hydrogen (secondary N) is 1. The van der Waals surface area contributed by atoms with Crippen molar-refractivity contribution in [3.63, 3.8) is 0 Å². The number of piperidine rings is 2. The van der Waals surface area contributed by atoms with Crippen LogP contribution in [-0.4, -0.2) is 54.8 Å². The number of hydrogen-bond donors (Lipinski definition) is 2. The first-order valence-corrected chi connectivity index (χ1v) is 11.4. The number of benzene rings is 1. The number of carbonyl (C=O) groups is 1. The van der Waals surface area contributed by atoms with Gasteiger partial charge in [-0.3, -0.25) is 4.79 Å². The van der Waals surface area contributed by atoms with Crippen LogP contribution in [0.2, 0.25) is 0 Å². The summed E-state index contributed by atoms with van der Waals surface area (Å²) in [5.41, 5.74) is 2.85. The van der Waals surface area contributed by atoms with Crippen molar-refractivity contribution in [1.29, 1.82) is 0 Å². The Morgan fingerprint density at radius 3 is 2.97 bits per heavy atom. The maximum Gasteiger partial charge on any atom is 0.339 e. The molecular formula is C24H30N2O5. The van der Waals surface area contributed by atoms with Gasteiger partial charge in [0.05, 0.1) is 6.61 Å². The fourth-order valence-corrected chi connectivity index (χ4v) is 5.68. The molecule has 3 aliphatic rings. The molecular weight excluding hydrogens is 396 g/mol. The number of aryl methyl sites for hydroxylation is 2. The van der Waals surface area contributed by atoms with Crippen LogP contribution in [0.15, 0.2) is 21.3 Å². The third-order valence-corrected chi connectivity index (χ3v) is 7.62. The third-order valence-electron chi connectivity index (χ3n) is 7.62. The van der Waals surface area contributed by atoms with Crippen LogP contribution >= 0.6 is 0 Å². The number of ether oxygens (including phenoxy) is 1. The summed E-state index contributed by atoms with van der Waals surface area (Å²) in [5.74, 6) is 0.508. The number of fused-ring (bicyclic) bond motifs is 4. The second-order valence-corrected chi connectivity index (χ2v) is 9.27. The van der Waals surface area contributed by atoms with Gasteiger partial charge in [-0.05, 0) is 69.7 Å². The molecule has 7 heteroatoms. The van der Waals surface area contributed by atoms with Crippen molar-refractivity contribution in [2.45, 2.75) is 51.5 Å². The van der Waals surface area contributed by atoms with E-state index in [4.69, 9.17) is 9.15 Å². The van der Waals surface area contributed by atoms with Crippen LogP contribution in [0, 0.1) is 12.3 Å². The predicted molar refractivity (Wildman–Crippen MR) is 116 cm³/mol. The highest BCUT2D eigenvalue weighted by Crippen LogP contribution is 2.38. The number of aliphatic hydroxyl groups is 1. The lowest BCUT2D eigenvalue weighted by Gasteiger charge is -2.50. The first-order valence-electron chi connectivity index (χ1n) is 11.4. The second-order valence-electron chi connectivity index (χ2n) is 9.27. The minimum Gasteiger partial charge on any atom is -0.483 e. The highest BCUT2D eigenvalue weighted by Gasteiger charge is 2.44. The van der Waals surface area contributed by atoms with Crippen molar-refractivity contribution >= 4 is 16.9 Å². The SMILES string of the molecule is Cc1c(OCC(=O)N2CC[C@@]3(CO)CCCN[C@@H]3C2)ccc2c3c(c(=O)oc12)CCC3. The van der Waals surface area contributed by atoms with E-state index in [-0.39, 0.29) is 36.2 Å². The third kappa shape index (κ3) is 3.44. The molecule has 0 bridgehead atoms. The monoisotopic (exact) mass is 426 g/mol. The molecule has 1 aliphatic carbocycles. The second kappa shape index (κ2) is 7.95. The van der Waals surface area contributed by atoms with Crippen molar-refractivity contribution in [1.82, 2.24) is 10.2 Å². The average Bonchev–Trinajstić information content (AvgIpc) is 3.29. The van der Waals surface area contributed by atoms with Gasteiger partial charge in [-0.25, -0.2) is 4.79 Å². The highest BCUT2D eigenvalue weighted by molar-refractivity contribution is 5.86.